The van der Waals surface area contributed by atoms with Crippen molar-refractivity contribution in [2.75, 3.05) is 16.1 Å². The van der Waals surface area contributed by atoms with Gasteiger partial charge in [-0.15, -0.1) is 0 Å². The second-order valence-electron chi connectivity index (χ2n) is 11.4. The van der Waals surface area contributed by atoms with Gasteiger partial charge >= 0.3 is 0 Å². The van der Waals surface area contributed by atoms with Crippen molar-refractivity contribution in [2.24, 2.45) is 0 Å². The molecule has 2 N–H and O–H groups in total. The Morgan fingerprint density at radius 2 is 1.11 bits per heavy atom. The molecule has 4 aromatic rings. The van der Waals surface area contributed by atoms with Gasteiger partial charge in [-0.05, 0) is 73.5 Å². The molecule has 3 heterocycles. The summed E-state index contributed by atoms with van der Waals surface area (Å²) in [5, 5.41) is 0. The number of benzene rings is 4. The third-order valence-electron chi connectivity index (χ3n) is 8.43. The Hall–Kier alpha value is -3.78. The molecule has 0 saturated carbocycles. The monoisotopic (exact) mass is 633 g/mol. The Labute approximate surface area is 256 Å². The summed E-state index contributed by atoms with van der Waals surface area (Å²) < 4.78 is 76.9. The molecule has 44 heavy (non-hydrogen) atoms. The minimum Gasteiger partial charge on any atom is -0.355 e. The van der Waals surface area contributed by atoms with Crippen LogP contribution in [0.2, 0.25) is 0 Å². The average Bonchev–Trinajstić information content (AvgIpc) is 3.66. The Balaban J connectivity index is 1.18. The van der Waals surface area contributed by atoms with E-state index in [2.05, 4.69) is 14.3 Å². The van der Waals surface area contributed by atoms with Gasteiger partial charge in [-0.3, -0.25) is 9.44 Å². The molecule has 5 atom stereocenters. The van der Waals surface area contributed by atoms with Crippen LogP contribution in [0.1, 0.15) is 25.0 Å². The van der Waals surface area contributed by atoms with E-state index in [-0.39, 0.29) is 16.0 Å². The van der Waals surface area contributed by atoms with Crippen LogP contribution in [0.5, 0.6) is 0 Å². The van der Waals surface area contributed by atoms with E-state index in [0.29, 0.717) is 18.0 Å². The normalized spacial score (nSPS) is 28.1. The first-order valence-electron chi connectivity index (χ1n) is 14.1. The van der Waals surface area contributed by atoms with Gasteiger partial charge in [-0.2, -0.15) is 0 Å². The molecule has 4 aromatic carbocycles. The van der Waals surface area contributed by atoms with Gasteiger partial charge < -0.3 is 14.2 Å². The molecule has 3 aliphatic heterocycles. The largest absolute Gasteiger partial charge is 0.355 e. The lowest BCUT2D eigenvalue weighted by Crippen LogP contribution is -2.40. The Kier molecular flexibility index (Phi) is 6.85. The fourth-order valence-electron chi connectivity index (χ4n) is 6.23. The Morgan fingerprint density at radius 3 is 1.61 bits per heavy atom. The van der Waals surface area contributed by atoms with Crippen molar-refractivity contribution in [2.45, 2.75) is 53.5 Å². The van der Waals surface area contributed by atoms with Crippen LogP contribution in [0.15, 0.2) is 119 Å². The SMILES string of the molecule is C[C@@]1(c2cccc(NS(=O)(=O)c3ccccc3)c2)O[C@H]2CO[C@@H]3N2[C@H]1O[C@@]3(C)c1cccc(NS(=O)(=O)c2ccccc2)c1. The van der Waals surface area contributed by atoms with Crippen LogP contribution < -0.4 is 9.44 Å². The first-order chi connectivity index (χ1) is 21.0. The van der Waals surface area contributed by atoms with E-state index in [1.165, 1.54) is 24.3 Å². The standard InChI is InChI=1S/C32H31N3O7S2/c1-31(22-11-9-13-24(19-22)33-43(36,37)26-15-5-3-6-16-26)29-35-28(21-40-29)41-32(2,30(35)42-31)23-12-10-14-25(20-23)34-44(38,39)27-17-7-4-8-18-27/h3-20,28-30,33-34H,21H2,1-2H3/t28-,29-,30-,31-,32-/m0/s1. The zero-order valence-corrected chi connectivity index (χ0v) is 25.6. The summed E-state index contributed by atoms with van der Waals surface area (Å²) >= 11 is 0. The average molecular weight is 634 g/mol. The molecule has 0 spiro atoms. The van der Waals surface area contributed by atoms with Gasteiger partial charge in [0.25, 0.3) is 20.0 Å². The van der Waals surface area contributed by atoms with Crippen molar-refractivity contribution >= 4 is 31.4 Å². The molecule has 3 aliphatic rings. The van der Waals surface area contributed by atoms with Gasteiger partial charge in [0.15, 0.2) is 0 Å². The van der Waals surface area contributed by atoms with Crippen molar-refractivity contribution in [3.8, 4) is 0 Å². The quantitative estimate of drug-likeness (QED) is 0.284. The summed E-state index contributed by atoms with van der Waals surface area (Å²) in [6.07, 6.45) is -1.46. The van der Waals surface area contributed by atoms with E-state index < -0.39 is 43.7 Å². The van der Waals surface area contributed by atoms with Crippen LogP contribution in [-0.4, -0.2) is 47.0 Å². The maximum absolute atomic E-state index is 13.0. The Bertz CT molecular complexity index is 1810. The molecule has 3 fully saturated rings. The fraction of sp³-hybridized carbons (Fsp3) is 0.250. The number of rotatable bonds is 8. The second kappa shape index (κ2) is 10.4. The molecule has 0 aromatic heterocycles. The smallest absolute Gasteiger partial charge is 0.261 e. The zero-order valence-electron chi connectivity index (χ0n) is 24.0. The van der Waals surface area contributed by atoms with Crippen LogP contribution in [0.4, 0.5) is 11.4 Å². The lowest BCUT2D eigenvalue weighted by atomic mass is 9.93. The molecule has 0 radical (unpaired) electrons. The minimum atomic E-state index is -3.79. The lowest BCUT2D eigenvalue weighted by molar-refractivity contribution is -0.138. The third kappa shape index (κ3) is 4.78. The highest BCUT2D eigenvalue weighted by Crippen LogP contribution is 2.56. The van der Waals surface area contributed by atoms with Crippen LogP contribution in [0, 0.1) is 0 Å². The van der Waals surface area contributed by atoms with Gasteiger partial charge in [0, 0.05) is 11.4 Å². The molecule has 0 bridgehead atoms. The summed E-state index contributed by atoms with van der Waals surface area (Å²) in [6, 6.07) is 30.6. The maximum atomic E-state index is 13.0. The molecule has 12 heteroatoms. The van der Waals surface area contributed by atoms with E-state index in [1.54, 1.807) is 72.8 Å². The van der Waals surface area contributed by atoms with Crippen LogP contribution >= 0.6 is 0 Å². The topological polar surface area (TPSA) is 123 Å². The predicted octanol–water partition coefficient (Wildman–Crippen LogP) is 4.79. The van der Waals surface area contributed by atoms with Gasteiger partial charge in [0.2, 0.25) is 0 Å². The molecule has 0 aliphatic carbocycles. The number of hydrogen-bond acceptors (Lipinski definition) is 8. The number of ether oxygens (including phenoxy) is 3. The summed E-state index contributed by atoms with van der Waals surface area (Å²) in [4.78, 5) is 2.39. The van der Waals surface area contributed by atoms with Gasteiger partial charge in [0.05, 0.1) is 16.4 Å². The van der Waals surface area contributed by atoms with E-state index >= 15 is 0 Å². The number of anilines is 2. The van der Waals surface area contributed by atoms with Crippen molar-refractivity contribution < 1.29 is 31.0 Å². The molecular formula is C32H31N3O7S2. The number of nitrogens with one attached hydrogen (secondary N) is 2. The third-order valence-corrected chi connectivity index (χ3v) is 11.2. The molecule has 7 rings (SSSR count). The van der Waals surface area contributed by atoms with E-state index in [0.717, 1.165) is 11.1 Å². The van der Waals surface area contributed by atoms with E-state index in [1.807, 2.05) is 26.0 Å². The van der Waals surface area contributed by atoms with Crippen molar-refractivity contribution in [3.63, 3.8) is 0 Å². The van der Waals surface area contributed by atoms with Crippen molar-refractivity contribution in [3.05, 3.63) is 120 Å². The van der Waals surface area contributed by atoms with Gasteiger partial charge in [0.1, 0.15) is 29.9 Å². The summed E-state index contributed by atoms with van der Waals surface area (Å²) in [7, 11) is -7.58. The van der Waals surface area contributed by atoms with Gasteiger partial charge in [-0.1, -0.05) is 60.7 Å². The number of hydrogen-bond donors (Lipinski definition) is 2. The zero-order chi connectivity index (χ0) is 30.7. The molecule has 3 saturated heterocycles. The van der Waals surface area contributed by atoms with Crippen LogP contribution in [0.25, 0.3) is 0 Å². The van der Waals surface area contributed by atoms with E-state index in [9.17, 15) is 16.8 Å². The maximum Gasteiger partial charge on any atom is 0.261 e. The van der Waals surface area contributed by atoms with E-state index in [4.69, 9.17) is 14.2 Å². The first kappa shape index (κ1) is 29.0. The molecule has 0 unspecified atom stereocenters. The molecule has 10 nitrogen and oxygen atoms in total. The number of sulfonamides is 2. The lowest BCUT2D eigenvalue weighted by Gasteiger charge is -2.33. The second-order valence-corrected chi connectivity index (χ2v) is 14.8. The molecule has 0 amide bonds. The number of nitrogens with zero attached hydrogens (tertiary/aromatic N) is 1. The first-order valence-corrected chi connectivity index (χ1v) is 17.1. The van der Waals surface area contributed by atoms with Crippen LogP contribution in [0.3, 0.4) is 0 Å². The van der Waals surface area contributed by atoms with Crippen LogP contribution in [-0.2, 0) is 45.5 Å². The minimum absolute atomic E-state index is 0.164. The van der Waals surface area contributed by atoms with Gasteiger partial charge in [-0.25, -0.2) is 21.7 Å². The predicted molar refractivity (Wildman–Crippen MR) is 163 cm³/mol. The molecular weight excluding hydrogens is 603 g/mol. The molecule has 228 valence electrons. The summed E-state index contributed by atoms with van der Waals surface area (Å²) in [6.45, 7) is 4.17. The highest BCUT2D eigenvalue weighted by molar-refractivity contribution is 7.93. The summed E-state index contributed by atoms with van der Waals surface area (Å²) in [5.74, 6) is 0. The Morgan fingerprint density at radius 1 is 0.636 bits per heavy atom. The van der Waals surface area contributed by atoms with Crippen molar-refractivity contribution in [1.82, 2.24) is 4.90 Å². The fourth-order valence-corrected chi connectivity index (χ4v) is 8.37. The van der Waals surface area contributed by atoms with Crippen molar-refractivity contribution in [1.29, 1.82) is 0 Å². The highest BCUT2D eigenvalue weighted by atomic mass is 32.2. The highest BCUT2D eigenvalue weighted by Gasteiger charge is 2.68. The summed E-state index contributed by atoms with van der Waals surface area (Å²) in [5.41, 5.74) is 0.330.